The third kappa shape index (κ3) is 21.1. The molecule has 0 atom stereocenters. The number of hydrogen-bond acceptors (Lipinski definition) is 6. The molecule has 0 unspecified atom stereocenters. The van der Waals surface area contributed by atoms with Crippen LogP contribution in [0.1, 0.15) is 174 Å². The van der Waals surface area contributed by atoms with Crippen LogP contribution in [-0.2, 0) is 32.3 Å². The number of hydrogen-bond donors (Lipinski definition) is 2. The van der Waals surface area contributed by atoms with Gasteiger partial charge in [-0.15, -0.1) is 0 Å². The monoisotopic (exact) mass is 674 g/mol. The summed E-state index contributed by atoms with van der Waals surface area (Å²) in [5.41, 5.74) is 1.70. The minimum absolute atomic E-state index is 0. The molecule has 45 heavy (non-hydrogen) atoms. The molecule has 0 radical (unpaired) electrons. The fourth-order valence-corrected chi connectivity index (χ4v) is 5.44. The maximum atomic E-state index is 10.8. The predicted octanol–water partition coefficient (Wildman–Crippen LogP) is 8.44. The van der Waals surface area contributed by atoms with Crippen LogP contribution in [0, 0.1) is 0 Å². The number of carboxylic acids is 2. The molecule has 248 valence electrons. The van der Waals surface area contributed by atoms with Crippen molar-refractivity contribution in [2.75, 3.05) is 0 Å². The topological polar surface area (TPSA) is 121 Å². The molecular formula is C38H58O6Zn. The molecule has 2 aromatic carbocycles. The number of unbranched alkanes of at least 4 members (excludes halogenated alkanes) is 18. The molecule has 2 aromatic rings. The minimum atomic E-state index is -1.32. The van der Waals surface area contributed by atoms with Crippen LogP contribution in [0.2, 0.25) is 0 Å². The molecule has 0 aliphatic rings. The summed E-state index contributed by atoms with van der Waals surface area (Å²) >= 11 is 0. The molecule has 7 heteroatoms. The first-order valence-corrected chi connectivity index (χ1v) is 17.4. The van der Waals surface area contributed by atoms with Gasteiger partial charge in [-0.25, -0.2) is 0 Å². The zero-order chi connectivity index (χ0) is 32.4. The summed E-state index contributed by atoms with van der Waals surface area (Å²) in [7, 11) is 0. The predicted molar refractivity (Wildman–Crippen MR) is 176 cm³/mol. The molecule has 0 aromatic heterocycles. The van der Waals surface area contributed by atoms with Crippen LogP contribution in [-0.4, -0.2) is 22.2 Å². The first-order valence-electron chi connectivity index (χ1n) is 17.4. The molecule has 6 nitrogen and oxygen atoms in total. The molecule has 0 amide bonds. The van der Waals surface area contributed by atoms with E-state index in [9.17, 15) is 30.0 Å². The van der Waals surface area contributed by atoms with E-state index in [2.05, 4.69) is 13.8 Å². The average molecular weight is 676 g/mol. The van der Waals surface area contributed by atoms with Crippen molar-refractivity contribution in [3.63, 3.8) is 0 Å². The van der Waals surface area contributed by atoms with Crippen LogP contribution in [0.25, 0.3) is 0 Å². The first kappa shape index (κ1) is 42.6. The smallest absolute Gasteiger partial charge is 0.545 e. The van der Waals surface area contributed by atoms with Gasteiger partial charge in [0.1, 0.15) is 11.5 Å². The van der Waals surface area contributed by atoms with E-state index >= 15 is 0 Å². The van der Waals surface area contributed by atoms with E-state index in [1.54, 1.807) is 12.1 Å². The summed E-state index contributed by atoms with van der Waals surface area (Å²) in [5, 5.41) is 40.6. The number of aryl methyl sites for hydroxylation is 2. The standard InChI is InChI=1S/2C19H30O3.Zn/c2*1-2-3-4-5-6-7-8-9-10-11-12-16-13-14-18(20)17(15-16)19(21)22;/h2*13-15,20H,2-12H2,1H3,(H,21,22);/q;;+2/p-2. The Morgan fingerprint density at radius 2 is 0.756 bits per heavy atom. The van der Waals surface area contributed by atoms with Gasteiger partial charge in [0.05, 0.1) is 11.9 Å². The maximum absolute atomic E-state index is 10.8. The quantitative estimate of drug-likeness (QED) is 0.0851. The number of benzene rings is 2. The van der Waals surface area contributed by atoms with Gasteiger partial charge in [0.2, 0.25) is 0 Å². The fraction of sp³-hybridized carbons (Fsp3) is 0.632. The number of carboxylic acid groups (broad SMARTS) is 2. The van der Waals surface area contributed by atoms with Gasteiger partial charge in [0, 0.05) is 11.1 Å². The largest absolute Gasteiger partial charge is 2.00 e. The Morgan fingerprint density at radius 3 is 1.02 bits per heavy atom. The Hall–Kier alpha value is -2.40. The molecule has 0 spiro atoms. The van der Waals surface area contributed by atoms with Crippen LogP contribution in [0.3, 0.4) is 0 Å². The number of rotatable bonds is 24. The number of aromatic hydroxyl groups is 2. The van der Waals surface area contributed by atoms with E-state index in [4.69, 9.17) is 0 Å². The second kappa shape index (κ2) is 27.9. The van der Waals surface area contributed by atoms with Crippen LogP contribution >= 0.6 is 0 Å². The van der Waals surface area contributed by atoms with E-state index in [1.807, 2.05) is 0 Å². The Morgan fingerprint density at radius 1 is 0.489 bits per heavy atom. The molecule has 0 fully saturated rings. The van der Waals surface area contributed by atoms with E-state index in [0.717, 1.165) is 36.8 Å². The molecule has 0 aliphatic carbocycles. The maximum Gasteiger partial charge on any atom is 2.00 e. The van der Waals surface area contributed by atoms with E-state index in [-0.39, 0.29) is 42.1 Å². The summed E-state index contributed by atoms with van der Waals surface area (Å²) in [6.07, 6.45) is 27.5. The van der Waals surface area contributed by atoms with Crippen molar-refractivity contribution in [1.82, 2.24) is 0 Å². The Kier molecular flexibility index (Phi) is 26.4. The zero-order valence-electron chi connectivity index (χ0n) is 28.3. The summed E-state index contributed by atoms with van der Waals surface area (Å²) in [5.74, 6) is -3.07. The van der Waals surface area contributed by atoms with Gasteiger partial charge >= 0.3 is 19.5 Å². The third-order valence-corrected chi connectivity index (χ3v) is 8.20. The number of aromatic carboxylic acids is 2. The van der Waals surface area contributed by atoms with Crippen molar-refractivity contribution in [2.24, 2.45) is 0 Å². The number of phenols is 2. The Labute approximate surface area is 285 Å². The van der Waals surface area contributed by atoms with Crippen LogP contribution in [0.5, 0.6) is 11.5 Å². The Bertz CT molecular complexity index is 971. The molecule has 0 saturated carbocycles. The number of carbonyl (C=O) groups is 2. The molecule has 2 rings (SSSR count). The van der Waals surface area contributed by atoms with Gasteiger partial charge in [-0.3, -0.25) is 0 Å². The summed E-state index contributed by atoms with van der Waals surface area (Å²) in [4.78, 5) is 21.7. The Balaban J connectivity index is 0.000000842. The molecule has 0 bridgehead atoms. The normalized spacial score (nSPS) is 10.5. The second-order valence-electron chi connectivity index (χ2n) is 12.1. The van der Waals surface area contributed by atoms with Gasteiger partial charge in [-0.2, -0.15) is 0 Å². The van der Waals surface area contributed by atoms with Crippen molar-refractivity contribution < 1.29 is 49.5 Å². The molecular weight excluding hydrogens is 618 g/mol. The average Bonchev–Trinajstić information content (AvgIpc) is 3.00. The summed E-state index contributed by atoms with van der Waals surface area (Å²) in [6, 6.07) is 9.51. The van der Waals surface area contributed by atoms with Crippen LogP contribution in [0.15, 0.2) is 36.4 Å². The van der Waals surface area contributed by atoms with Crippen molar-refractivity contribution in [3.8, 4) is 11.5 Å². The van der Waals surface area contributed by atoms with Crippen molar-refractivity contribution >= 4 is 11.9 Å². The van der Waals surface area contributed by atoms with Gasteiger partial charge in [0.25, 0.3) is 0 Å². The SMILES string of the molecule is CCCCCCCCCCCCc1ccc(O)c(C(=O)[O-])c1.CCCCCCCCCCCCc1ccc(O)c(C(=O)[O-])c1.[Zn+2]. The van der Waals surface area contributed by atoms with Crippen molar-refractivity contribution in [2.45, 2.75) is 155 Å². The second-order valence-corrected chi connectivity index (χ2v) is 12.1. The minimum Gasteiger partial charge on any atom is -0.545 e. The first-order chi connectivity index (χ1) is 21.3. The van der Waals surface area contributed by atoms with Crippen molar-refractivity contribution in [3.05, 3.63) is 58.7 Å². The van der Waals surface area contributed by atoms with E-state index in [1.165, 1.54) is 140 Å². The van der Waals surface area contributed by atoms with E-state index < -0.39 is 11.9 Å². The molecule has 0 aliphatic heterocycles. The fourth-order valence-electron chi connectivity index (χ4n) is 5.44. The molecule has 0 heterocycles. The van der Waals surface area contributed by atoms with Crippen LogP contribution < -0.4 is 10.2 Å². The van der Waals surface area contributed by atoms with E-state index in [0.29, 0.717) is 0 Å². The third-order valence-electron chi connectivity index (χ3n) is 8.20. The molecule has 0 saturated heterocycles. The van der Waals surface area contributed by atoms with Gasteiger partial charge < -0.3 is 30.0 Å². The summed E-state index contributed by atoms with van der Waals surface area (Å²) in [6.45, 7) is 4.48. The van der Waals surface area contributed by atoms with Crippen LogP contribution in [0.4, 0.5) is 0 Å². The molecule has 2 N–H and O–H groups in total. The van der Waals surface area contributed by atoms with Gasteiger partial charge in [0.15, 0.2) is 0 Å². The zero-order valence-corrected chi connectivity index (χ0v) is 31.2. The van der Waals surface area contributed by atoms with Gasteiger partial charge in [-0.1, -0.05) is 142 Å². The van der Waals surface area contributed by atoms with Gasteiger partial charge in [-0.05, 0) is 61.1 Å². The number of carbonyl (C=O) groups excluding carboxylic acids is 2. The van der Waals surface area contributed by atoms with Crippen molar-refractivity contribution in [1.29, 1.82) is 0 Å². The summed E-state index contributed by atoms with van der Waals surface area (Å²) < 4.78 is 0.